The first-order chi connectivity index (χ1) is 9.33. The van der Waals surface area contributed by atoms with E-state index in [-0.39, 0.29) is 26.4 Å². The second kappa shape index (κ2) is 7.87. The van der Waals surface area contributed by atoms with E-state index in [0.717, 1.165) is 5.75 Å². The predicted octanol–water partition coefficient (Wildman–Crippen LogP) is 2.76. The molecule has 1 aromatic rings. The Labute approximate surface area is 133 Å². The Morgan fingerprint density at radius 1 is 1.40 bits per heavy atom. The number of sulfonamides is 1. The highest BCUT2D eigenvalue weighted by atomic mass is 35.5. The molecule has 0 aliphatic rings. The normalized spacial score (nSPS) is 13.4. The third-order valence-electron chi connectivity index (χ3n) is 2.67. The van der Waals surface area contributed by atoms with Crippen LogP contribution in [-0.2, 0) is 16.6 Å². The smallest absolute Gasteiger partial charge is 0.242 e. The predicted molar refractivity (Wildman–Crippen MR) is 85.1 cm³/mol. The van der Waals surface area contributed by atoms with Crippen molar-refractivity contribution in [2.75, 3.05) is 18.6 Å². The molecule has 0 bridgehead atoms. The molecule has 0 fully saturated rings. The fraction of sp³-hybridized carbons (Fsp3) is 0.500. The zero-order valence-electron chi connectivity index (χ0n) is 11.2. The molecule has 0 spiro atoms. The summed E-state index contributed by atoms with van der Waals surface area (Å²) < 4.78 is 26.9. The molecule has 2 N–H and O–H groups in total. The molecule has 8 heteroatoms. The molecule has 0 radical (unpaired) electrons. The second-order valence-electron chi connectivity index (χ2n) is 4.41. The molecule has 0 aliphatic carbocycles. The molecular weight excluding hydrogens is 341 g/mol. The second-order valence-corrected chi connectivity index (χ2v) is 7.84. The minimum absolute atomic E-state index is 0.0370. The fourth-order valence-corrected chi connectivity index (χ4v) is 4.35. The Morgan fingerprint density at radius 3 is 2.60 bits per heavy atom. The number of benzene rings is 1. The number of rotatable bonds is 7. The standard InChI is InChI=1S/C12H17Cl2NO3S2/c1-8(7-19-2)5-15-20(17,18)11-4-3-10(13)9(6-16)12(11)14/h3-4,8,15-16H,5-7H2,1-2H3. The van der Waals surface area contributed by atoms with E-state index in [1.165, 1.54) is 12.1 Å². The van der Waals surface area contributed by atoms with Crippen molar-refractivity contribution in [3.8, 4) is 0 Å². The molecule has 0 amide bonds. The van der Waals surface area contributed by atoms with Gasteiger partial charge < -0.3 is 5.11 Å². The number of aliphatic hydroxyl groups excluding tert-OH is 1. The first-order valence-electron chi connectivity index (χ1n) is 5.89. The zero-order valence-corrected chi connectivity index (χ0v) is 14.3. The monoisotopic (exact) mass is 357 g/mol. The van der Waals surface area contributed by atoms with Gasteiger partial charge in [0, 0.05) is 17.1 Å². The molecule has 4 nitrogen and oxygen atoms in total. The number of hydrogen-bond acceptors (Lipinski definition) is 4. The molecule has 1 atom stereocenters. The molecule has 0 aliphatic heterocycles. The van der Waals surface area contributed by atoms with E-state index in [9.17, 15) is 13.5 Å². The van der Waals surface area contributed by atoms with Gasteiger partial charge in [-0.15, -0.1) is 0 Å². The molecular formula is C12H17Cl2NO3S2. The maximum Gasteiger partial charge on any atom is 0.242 e. The van der Waals surface area contributed by atoms with Crippen LogP contribution in [0.2, 0.25) is 10.0 Å². The Hall–Kier alpha value is 0.0200. The lowest BCUT2D eigenvalue weighted by molar-refractivity contribution is 0.281. The van der Waals surface area contributed by atoms with Gasteiger partial charge in [0.05, 0.1) is 11.6 Å². The molecule has 114 valence electrons. The van der Waals surface area contributed by atoms with Crippen LogP contribution in [0.1, 0.15) is 12.5 Å². The third kappa shape index (κ3) is 4.51. The van der Waals surface area contributed by atoms with Gasteiger partial charge in [-0.25, -0.2) is 13.1 Å². The van der Waals surface area contributed by atoms with Crippen molar-refractivity contribution in [2.45, 2.75) is 18.4 Å². The highest BCUT2D eigenvalue weighted by Gasteiger charge is 2.21. The van der Waals surface area contributed by atoms with Gasteiger partial charge in [-0.1, -0.05) is 30.1 Å². The first-order valence-corrected chi connectivity index (χ1v) is 9.53. The van der Waals surface area contributed by atoms with Gasteiger partial charge in [0.2, 0.25) is 10.0 Å². The first kappa shape index (κ1) is 18.1. The van der Waals surface area contributed by atoms with Crippen molar-refractivity contribution in [2.24, 2.45) is 5.92 Å². The van der Waals surface area contributed by atoms with E-state index in [1.54, 1.807) is 11.8 Å². The SMILES string of the molecule is CSCC(C)CNS(=O)(=O)c1ccc(Cl)c(CO)c1Cl. The summed E-state index contributed by atoms with van der Waals surface area (Å²) in [5.41, 5.74) is 0.216. The lowest BCUT2D eigenvalue weighted by atomic mass is 10.2. The van der Waals surface area contributed by atoms with Crippen LogP contribution in [0.25, 0.3) is 0 Å². The minimum Gasteiger partial charge on any atom is -0.392 e. The van der Waals surface area contributed by atoms with Crippen molar-refractivity contribution in [3.05, 3.63) is 27.7 Å². The number of thioether (sulfide) groups is 1. The summed E-state index contributed by atoms with van der Waals surface area (Å²) in [4.78, 5) is -0.0658. The summed E-state index contributed by atoms with van der Waals surface area (Å²) in [6.07, 6.45) is 1.97. The zero-order chi connectivity index (χ0) is 15.3. The van der Waals surface area contributed by atoms with Gasteiger partial charge in [-0.05, 0) is 30.1 Å². The van der Waals surface area contributed by atoms with Crippen LogP contribution in [-0.4, -0.2) is 32.1 Å². The van der Waals surface area contributed by atoms with Crippen LogP contribution in [0.5, 0.6) is 0 Å². The van der Waals surface area contributed by atoms with E-state index in [1.807, 2.05) is 13.2 Å². The van der Waals surface area contributed by atoms with E-state index in [2.05, 4.69) is 4.72 Å². The van der Waals surface area contributed by atoms with E-state index < -0.39 is 16.6 Å². The number of nitrogens with one attached hydrogen (secondary N) is 1. The van der Waals surface area contributed by atoms with Gasteiger partial charge in [0.1, 0.15) is 4.90 Å². The molecule has 0 saturated heterocycles. The van der Waals surface area contributed by atoms with E-state index >= 15 is 0 Å². The third-order valence-corrected chi connectivity index (χ3v) is 5.94. The topological polar surface area (TPSA) is 66.4 Å². The van der Waals surface area contributed by atoms with Gasteiger partial charge in [-0.3, -0.25) is 0 Å². The maximum atomic E-state index is 12.2. The Bertz CT molecular complexity index is 564. The average molecular weight is 358 g/mol. The lowest BCUT2D eigenvalue weighted by Gasteiger charge is -2.14. The Kier molecular flexibility index (Phi) is 7.11. The molecule has 1 unspecified atom stereocenters. The minimum atomic E-state index is -3.71. The molecule has 0 heterocycles. The van der Waals surface area contributed by atoms with Gasteiger partial charge in [-0.2, -0.15) is 11.8 Å². The summed E-state index contributed by atoms with van der Waals surface area (Å²) in [5, 5.41) is 9.40. The summed E-state index contributed by atoms with van der Waals surface area (Å²) >= 11 is 13.5. The van der Waals surface area contributed by atoms with Crippen molar-refractivity contribution in [3.63, 3.8) is 0 Å². The van der Waals surface area contributed by atoms with Crippen molar-refractivity contribution in [1.82, 2.24) is 4.72 Å². The lowest BCUT2D eigenvalue weighted by Crippen LogP contribution is -2.29. The highest BCUT2D eigenvalue weighted by molar-refractivity contribution is 7.98. The van der Waals surface area contributed by atoms with Crippen molar-refractivity contribution < 1.29 is 13.5 Å². The van der Waals surface area contributed by atoms with Crippen LogP contribution >= 0.6 is 35.0 Å². The van der Waals surface area contributed by atoms with Crippen LogP contribution in [0.3, 0.4) is 0 Å². The Morgan fingerprint density at radius 2 is 2.05 bits per heavy atom. The number of hydrogen-bond donors (Lipinski definition) is 2. The van der Waals surface area contributed by atoms with Gasteiger partial charge in [0.25, 0.3) is 0 Å². The fourth-order valence-electron chi connectivity index (χ4n) is 1.60. The van der Waals surface area contributed by atoms with Crippen molar-refractivity contribution >= 4 is 45.0 Å². The average Bonchev–Trinajstić information content (AvgIpc) is 2.37. The number of halogens is 2. The van der Waals surface area contributed by atoms with Crippen LogP contribution < -0.4 is 4.72 Å². The quantitative estimate of drug-likeness (QED) is 0.787. The van der Waals surface area contributed by atoms with Crippen molar-refractivity contribution in [1.29, 1.82) is 0 Å². The molecule has 1 aromatic carbocycles. The summed E-state index contributed by atoms with van der Waals surface area (Å²) in [6, 6.07) is 2.75. The molecule has 1 rings (SSSR count). The van der Waals surface area contributed by atoms with Gasteiger partial charge >= 0.3 is 0 Å². The maximum absolute atomic E-state index is 12.2. The summed E-state index contributed by atoms with van der Waals surface area (Å²) in [5.74, 6) is 1.07. The summed E-state index contributed by atoms with van der Waals surface area (Å²) in [7, 11) is -3.71. The van der Waals surface area contributed by atoms with E-state index in [0.29, 0.717) is 6.54 Å². The highest BCUT2D eigenvalue weighted by Crippen LogP contribution is 2.31. The van der Waals surface area contributed by atoms with Crippen LogP contribution in [0, 0.1) is 5.92 Å². The number of aliphatic hydroxyl groups is 1. The van der Waals surface area contributed by atoms with E-state index in [4.69, 9.17) is 23.2 Å². The summed E-state index contributed by atoms with van der Waals surface area (Å²) in [6.45, 7) is 1.88. The molecule has 0 saturated carbocycles. The van der Waals surface area contributed by atoms with Crippen LogP contribution in [0.15, 0.2) is 17.0 Å². The largest absolute Gasteiger partial charge is 0.392 e. The Balaban J connectivity index is 2.99. The van der Waals surface area contributed by atoms with Gasteiger partial charge in [0.15, 0.2) is 0 Å². The van der Waals surface area contributed by atoms with Crippen LogP contribution in [0.4, 0.5) is 0 Å². The molecule has 20 heavy (non-hydrogen) atoms. The molecule has 0 aromatic heterocycles.